The standard InChI is InChI=1S/C32H33FN6O5/c1-2-22-15-23(44-31-7-10-35-29(37-31)19-43-28-6-3-20(16-34)13-25(28)33)8-11-38(22)18-30-36-26-5-4-21(32(40)41)14-27(26)39(30)17-24-9-12-42-24/h3-7,10,13-14,22-24H,2,8-9,11-12,15,17-19H2,1H3,(H,40,41)/t22-,23-,24+/m1/s1. The predicted octanol–water partition coefficient (Wildman–Crippen LogP) is 4.73. The van der Waals surface area contributed by atoms with Crippen LogP contribution < -0.4 is 9.47 Å². The zero-order valence-corrected chi connectivity index (χ0v) is 24.4. The minimum Gasteiger partial charge on any atom is -0.483 e. The number of rotatable bonds is 11. The van der Waals surface area contributed by atoms with Gasteiger partial charge in [-0.15, -0.1) is 0 Å². The highest BCUT2D eigenvalue weighted by molar-refractivity contribution is 5.92. The first kappa shape index (κ1) is 29.5. The molecule has 2 aromatic carbocycles. The lowest BCUT2D eigenvalue weighted by Gasteiger charge is -2.39. The fourth-order valence-corrected chi connectivity index (χ4v) is 5.76. The summed E-state index contributed by atoms with van der Waals surface area (Å²) in [5.74, 6) is 0.131. The number of aromatic nitrogens is 4. The van der Waals surface area contributed by atoms with E-state index in [1.54, 1.807) is 30.5 Å². The highest BCUT2D eigenvalue weighted by Crippen LogP contribution is 2.28. The molecule has 0 radical (unpaired) electrons. The van der Waals surface area contributed by atoms with Gasteiger partial charge < -0.3 is 23.9 Å². The number of piperidine rings is 1. The van der Waals surface area contributed by atoms with E-state index in [4.69, 9.17) is 24.5 Å². The highest BCUT2D eigenvalue weighted by Gasteiger charge is 2.31. The van der Waals surface area contributed by atoms with Crippen molar-refractivity contribution in [3.8, 4) is 17.7 Å². The van der Waals surface area contributed by atoms with Crippen molar-refractivity contribution in [2.24, 2.45) is 0 Å². The second kappa shape index (κ2) is 13.0. The molecule has 0 aliphatic carbocycles. The number of ether oxygens (including phenoxy) is 3. The Morgan fingerprint density at radius 3 is 2.80 bits per heavy atom. The quantitative estimate of drug-likeness (QED) is 0.257. The molecular formula is C32H33FN6O5. The number of carboxylic acid groups (broad SMARTS) is 1. The maximum absolute atomic E-state index is 14.2. The number of carbonyl (C=O) groups is 1. The van der Waals surface area contributed by atoms with Crippen LogP contribution in [0.4, 0.5) is 4.39 Å². The third-order valence-electron chi connectivity index (χ3n) is 8.24. The number of hydrogen-bond acceptors (Lipinski definition) is 9. The monoisotopic (exact) mass is 600 g/mol. The molecule has 3 atom stereocenters. The first-order chi connectivity index (χ1) is 21.4. The van der Waals surface area contributed by atoms with Gasteiger partial charge in [0, 0.05) is 31.5 Å². The first-order valence-corrected chi connectivity index (χ1v) is 14.8. The molecule has 0 amide bonds. The topological polar surface area (TPSA) is 136 Å². The van der Waals surface area contributed by atoms with Gasteiger partial charge in [-0.3, -0.25) is 4.90 Å². The molecule has 6 rings (SSSR count). The van der Waals surface area contributed by atoms with Crippen molar-refractivity contribution in [2.75, 3.05) is 13.2 Å². The van der Waals surface area contributed by atoms with Crippen molar-refractivity contribution >= 4 is 17.0 Å². The summed E-state index contributed by atoms with van der Waals surface area (Å²) in [6.07, 6.45) is 5.14. The van der Waals surface area contributed by atoms with E-state index in [-0.39, 0.29) is 41.7 Å². The lowest BCUT2D eigenvalue weighted by Crippen LogP contribution is -2.45. The molecule has 0 saturated carbocycles. The van der Waals surface area contributed by atoms with E-state index in [0.29, 0.717) is 24.8 Å². The molecule has 11 nitrogen and oxygen atoms in total. The van der Waals surface area contributed by atoms with Gasteiger partial charge in [-0.25, -0.2) is 19.2 Å². The van der Waals surface area contributed by atoms with E-state index in [1.165, 1.54) is 12.1 Å². The van der Waals surface area contributed by atoms with Crippen LogP contribution in [0.5, 0.6) is 11.6 Å². The number of fused-ring (bicyclic) bond motifs is 1. The van der Waals surface area contributed by atoms with Gasteiger partial charge in [-0.2, -0.15) is 10.2 Å². The molecule has 44 heavy (non-hydrogen) atoms. The van der Waals surface area contributed by atoms with E-state index < -0.39 is 11.8 Å². The van der Waals surface area contributed by atoms with Crippen LogP contribution >= 0.6 is 0 Å². The van der Waals surface area contributed by atoms with E-state index in [0.717, 1.165) is 61.8 Å². The van der Waals surface area contributed by atoms with Gasteiger partial charge in [0.25, 0.3) is 0 Å². The molecule has 4 heterocycles. The molecule has 0 spiro atoms. The van der Waals surface area contributed by atoms with Crippen molar-refractivity contribution < 1.29 is 28.5 Å². The van der Waals surface area contributed by atoms with Crippen LogP contribution in [-0.4, -0.2) is 66.9 Å². The number of halogens is 1. The number of hydrogen-bond donors (Lipinski definition) is 1. The van der Waals surface area contributed by atoms with Crippen molar-refractivity contribution in [1.29, 1.82) is 5.26 Å². The zero-order chi connectivity index (χ0) is 30.6. The second-order valence-electron chi connectivity index (χ2n) is 11.1. The highest BCUT2D eigenvalue weighted by atomic mass is 19.1. The number of nitrogens with zero attached hydrogens (tertiary/aromatic N) is 6. The number of imidazole rings is 1. The SMILES string of the molecule is CC[C@@H]1C[C@H](Oc2ccnc(COc3ccc(C#N)cc3F)n2)CCN1Cc1nc2ccc(C(=O)O)cc2n1C[C@@H]1CCO1. The molecular weight excluding hydrogens is 567 g/mol. The van der Waals surface area contributed by atoms with E-state index in [1.807, 2.05) is 6.07 Å². The molecule has 2 aliphatic heterocycles. The third kappa shape index (κ3) is 6.49. The third-order valence-corrected chi connectivity index (χ3v) is 8.24. The minimum absolute atomic E-state index is 0.0214. The van der Waals surface area contributed by atoms with Gasteiger partial charge in [0.05, 0.1) is 47.4 Å². The Balaban J connectivity index is 1.11. The van der Waals surface area contributed by atoms with Gasteiger partial charge in [-0.1, -0.05) is 6.92 Å². The van der Waals surface area contributed by atoms with Crippen LogP contribution in [0.2, 0.25) is 0 Å². The lowest BCUT2D eigenvalue weighted by molar-refractivity contribution is -0.0593. The maximum Gasteiger partial charge on any atom is 0.335 e. The Hall–Kier alpha value is -4.60. The summed E-state index contributed by atoms with van der Waals surface area (Å²) in [6, 6.07) is 13.0. The molecule has 0 bridgehead atoms. The Kier molecular flexibility index (Phi) is 8.67. The molecule has 12 heteroatoms. The zero-order valence-electron chi connectivity index (χ0n) is 24.4. The van der Waals surface area contributed by atoms with Crippen LogP contribution in [-0.2, 0) is 24.4 Å². The Labute approximate surface area is 253 Å². The van der Waals surface area contributed by atoms with Gasteiger partial charge in [0.2, 0.25) is 5.88 Å². The summed E-state index contributed by atoms with van der Waals surface area (Å²) in [5, 5.41) is 18.5. The van der Waals surface area contributed by atoms with E-state index in [9.17, 15) is 14.3 Å². The van der Waals surface area contributed by atoms with E-state index in [2.05, 4.69) is 26.4 Å². The van der Waals surface area contributed by atoms with Gasteiger partial charge >= 0.3 is 5.97 Å². The Morgan fingerprint density at radius 2 is 2.07 bits per heavy atom. The Bertz CT molecular complexity index is 1700. The molecule has 2 saturated heterocycles. The van der Waals surface area contributed by atoms with Crippen molar-refractivity contribution in [3.05, 3.63) is 77.3 Å². The molecule has 2 aromatic heterocycles. The number of nitriles is 1. The average molecular weight is 601 g/mol. The summed E-state index contributed by atoms with van der Waals surface area (Å²) >= 11 is 0. The molecule has 228 valence electrons. The molecule has 4 aromatic rings. The van der Waals surface area contributed by atoms with Crippen molar-refractivity contribution in [3.63, 3.8) is 0 Å². The second-order valence-corrected chi connectivity index (χ2v) is 11.1. The number of likely N-dealkylation sites (tertiary alicyclic amines) is 1. The summed E-state index contributed by atoms with van der Waals surface area (Å²) in [6.45, 7) is 4.93. The number of carboxylic acids is 1. The van der Waals surface area contributed by atoms with Crippen LogP contribution in [0.25, 0.3) is 11.0 Å². The fraction of sp³-hybridized carbons (Fsp3) is 0.406. The molecule has 0 unspecified atom stereocenters. The van der Waals surface area contributed by atoms with E-state index >= 15 is 0 Å². The maximum atomic E-state index is 14.2. The minimum atomic E-state index is -0.960. The van der Waals surface area contributed by atoms with Crippen LogP contribution in [0, 0.1) is 17.1 Å². The van der Waals surface area contributed by atoms with Gasteiger partial charge in [-0.05, 0) is 62.1 Å². The largest absolute Gasteiger partial charge is 0.483 e. The van der Waals surface area contributed by atoms with Crippen LogP contribution in [0.15, 0.2) is 48.7 Å². The summed E-state index contributed by atoms with van der Waals surface area (Å²) < 4.78 is 33.8. The number of benzene rings is 2. The average Bonchev–Trinajstić information content (AvgIpc) is 3.35. The fourth-order valence-electron chi connectivity index (χ4n) is 5.76. The van der Waals surface area contributed by atoms with Crippen molar-refractivity contribution in [2.45, 2.75) is 70.6 Å². The summed E-state index contributed by atoms with van der Waals surface area (Å²) in [4.78, 5) is 27.7. The van der Waals surface area contributed by atoms with Gasteiger partial charge in [0.15, 0.2) is 17.4 Å². The van der Waals surface area contributed by atoms with Gasteiger partial charge in [0.1, 0.15) is 18.5 Å². The van der Waals surface area contributed by atoms with Crippen LogP contribution in [0.1, 0.15) is 60.2 Å². The first-order valence-electron chi connectivity index (χ1n) is 14.8. The molecule has 2 aliphatic rings. The predicted molar refractivity (Wildman–Crippen MR) is 157 cm³/mol. The Morgan fingerprint density at radius 1 is 1.20 bits per heavy atom. The summed E-state index contributed by atoms with van der Waals surface area (Å²) in [7, 11) is 0. The van der Waals surface area contributed by atoms with Crippen molar-refractivity contribution in [1.82, 2.24) is 24.4 Å². The summed E-state index contributed by atoms with van der Waals surface area (Å²) in [5.41, 5.74) is 2.05. The molecule has 2 fully saturated rings. The lowest BCUT2D eigenvalue weighted by atomic mass is 9.97. The number of aromatic carboxylic acids is 1. The normalized spacial score (nSPS) is 20.2. The molecule has 1 N–H and O–H groups in total. The van der Waals surface area contributed by atoms with Crippen LogP contribution in [0.3, 0.4) is 0 Å². The smallest absolute Gasteiger partial charge is 0.335 e.